The number of hydrogen-bond donors (Lipinski definition) is 0. The Morgan fingerprint density at radius 3 is 2.53 bits per heavy atom. The van der Waals surface area contributed by atoms with Crippen molar-refractivity contribution in [3.63, 3.8) is 0 Å². The number of piperidine rings is 1. The number of anilines is 1. The lowest BCUT2D eigenvalue weighted by molar-refractivity contribution is 0.491. The van der Waals surface area contributed by atoms with Gasteiger partial charge in [-0.2, -0.15) is 0 Å². The van der Waals surface area contributed by atoms with Crippen LogP contribution in [0, 0.1) is 0 Å². The molecule has 1 aliphatic heterocycles. The fourth-order valence-electron chi connectivity index (χ4n) is 2.51. The molecular weight excluding hydrogens is 326 g/mol. The molecule has 1 atom stereocenters. The van der Waals surface area contributed by atoms with Gasteiger partial charge in [0.25, 0.3) is 0 Å². The SMILES string of the molecule is CCS(=O)(=O)c1ccc(N2CCCCC2CBr)cc1. The summed E-state index contributed by atoms with van der Waals surface area (Å²) in [6.45, 7) is 2.73. The number of halogens is 1. The van der Waals surface area contributed by atoms with Crippen molar-refractivity contribution in [3.05, 3.63) is 24.3 Å². The van der Waals surface area contributed by atoms with Crippen LogP contribution in [0.3, 0.4) is 0 Å². The summed E-state index contributed by atoms with van der Waals surface area (Å²) in [6, 6.07) is 7.84. The Morgan fingerprint density at radius 1 is 1.26 bits per heavy atom. The van der Waals surface area contributed by atoms with Crippen molar-refractivity contribution in [2.24, 2.45) is 0 Å². The molecule has 1 fully saturated rings. The van der Waals surface area contributed by atoms with Gasteiger partial charge in [-0.15, -0.1) is 0 Å². The summed E-state index contributed by atoms with van der Waals surface area (Å²) in [4.78, 5) is 2.80. The summed E-state index contributed by atoms with van der Waals surface area (Å²) in [5.74, 6) is 0.153. The predicted molar refractivity (Wildman–Crippen MR) is 82.9 cm³/mol. The van der Waals surface area contributed by atoms with Gasteiger partial charge in [0.05, 0.1) is 10.6 Å². The first-order valence-electron chi connectivity index (χ1n) is 6.74. The zero-order chi connectivity index (χ0) is 13.9. The summed E-state index contributed by atoms with van der Waals surface area (Å²) in [6.07, 6.45) is 3.67. The van der Waals surface area contributed by atoms with Gasteiger partial charge in [0.2, 0.25) is 0 Å². The number of benzene rings is 1. The smallest absolute Gasteiger partial charge is 0.178 e. The largest absolute Gasteiger partial charge is 0.368 e. The van der Waals surface area contributed by atoms with E-state index in [2.05, 4.69) is 20.8 Å². The van der Waals surface area contributed by atoms with E-state index < -0.39 is 9.84 Å². The molecule has 1 unspecified atom stereocenters. The molecule has 0 radical (unpaired) electrons. The molecule has 0 amide bonds. The maximum absolute atomic E-state index is 11.8. The van der Waals surface area contributed by atoms with E-state index in [1.807, 2.05) is 12.1 Å². The highest BCUT2D eigenvalue weighted by molar-refractivity contribution is 9.09. The van der Waals surface area contributed by atoms with Crippen molar-refractivity contribution in [2.45, 2.75) is 37.1 Å². The number of nitrogens with zero attached hydrogens (tertiary/aromatic N) is 1. The van der Waals surface area contributed by atoms with Crippen LogP contribution in [0.25, 0.3) is 0 Å². The van der Waals surface area contributed by atoms with Crippen LogP contribution in [0.1, 0.15) is 26.2 Å². The minimum absolute atomic E-state index is 0.153. The molecule has 0 bridgehead atoms. The summed E-state index contributed by atoms with van der Waals surface area (Å²) < 4.78 is 23.6. The lowest BCUT2D eigenvalue weighted by Gasteiger charge is -2.36. The topological polar surface area (TPSA) is 37.4 Å². The van der Waals surface area contributed by atoms with E-state index in [9.17, 15) is 8.42 Å². The third kappa shape index (κ3) is 3.31. The minimum atomic E-state index is -3.09. The van der Waals surface area contributed by atoms with Crippen molar-refractivity contribution in [2.75, 3.05) is 22.5 Å². The van der Waals surface area contributed by atoms with Gasteiger partial charge in [0.15, 0.2) is 9.84 Å². The molecule has 1 aliphatic rings. The van der Waals surface area contributed by atoms with Gasteiger partial charge in [0.1, 0.15) is 0 Å². The van der Waals surface area contributed by atoms with Crippen LogP contribution < -0.4 is 4.90 Å². The van der Waals surface area contributed by atoms with Gasteiger partial charge < -0.3 is 4.90 Å². The Morgan fingerprint density at radius 2 is 1.95 bits per heavy atom. The van der Waals surface area contributed by atoms with E-state index in [1.54, 1.807) is 19.1 Å². The molecule has 1 saturated heterocycles. The summed E-state index contributed by atoms with van der Waals surface area (Å²) in [5.41, 5.74) is 1.12. The second kappa shape index (κ2) is 6.27. The van der Waals surface area contributed by atoms with E-state index in [-0.39, 0.29) is 5.75 Å². The molecule has 0 N–H and O–H groups in total. The molecule has 3 nitrogen and oxygen atoms in total. The van der Waals surface area contributed by atoms with Crippen molar-refractivity contribution >= 4 is 31.5 Å². The number of alkyl halides is 1. The van der Waals surface area contributed by atoms with E-state index in [0.717, 1.165) is 17.6 Å². The number of sulfone groups is 1. The van der Waals surface area contributed by atoms with Crippen LogP contribution in [-0.2, 0) is 9.84 Å². The average molecular weight is 346 g/mol. The Labute approximate surface area is 124 Å². The minimum Gasteiger partial charge on any atom is -0.368 e. The quantitative estimate of drug-likeness (QED) is 0.786. The maximum atomic E-state index is 11.8. The maximum Gasteiger partial charge on any atom is 0.178 e. The molecule has 19 heavy (non-hydrogen) atoms. The Balaban J connectivity index is 2.22. The van der Waals surface area contributed by atoms with Crippen LogP contribution in [0.15, 0.2) is 29.2 Å². The molecule has 1 aromatic carbocycles. The van der Waals surface area contributed by atoms with E-state index in [0.29, 0.717) is 10.9 Å². The van der Waals surface area contributed by atoms with E-state index >= 15 is 0 Å². The first kappa shape index (κ1) is 14.9. The standard InChI is InChI=1S/C14H20BrNO2S/c1-2-19(17,18)14-8-6-12(7-9-14)16-10-4-3-5-13(16)11-15/h6-9,13H,2-5,10-11H2,1H3. The van der Waals surface area contributed by atoms with Gasteiger partial charge >= 0.3 is 0 Å². The molecule has 106 valence electrons. The first-order valence-corrected chi connectivity index (χ1v) is 9.51. The molecule has 5 heteroatoms. The van der Waals surface area contributed by atoms with Crippen LogP contribution in [-0.4, -0.2) is 32.1 Å². The molecular formula is C14H20BrNO2S. The molecule has 0 aromatic heterocycles. The lowest BCUT2D eigenvalue weighted by Crippen LogP contribution is -2.40. The highest BCUT2D eigenvalue weighted by Gasteiger charge is 2.22. The fraction of sp³-hybridized carbons (Fsp3) is 0.571. The van der Waals surface area contributed by atoms with Gasteiger partial charge in [-0.3, -0.25) is 0 Å². The van der Waals surface area contributed by atoms with Gasteiger partial charge in [-0.05, 0) is 43.5 Å². The summed E-state index contributed by atoms with van der Waals surface area (Å²) in [7, 11) is -3.09. The summed E-state index contributed by atoms with van der Waals surface area (Å²) >= 11 is 3.57. The van der Waals surface area contributed by atoms with E-state index in [4.69, 9.17) is 0 Å². The third-order valence-electron chi connectivity index (χ3n) is 3.71. The van der Waals surface area contributed by atoms with Crippen LogP contribution in [0.2, 0.25) is 0 Å². The highest BCUT2D eigenvalue weighted by Crippen LogP contribution is 2.27. The average Bonchev–Trinajstić information content (AvgIpc) is 2.47. The van der Waals surface area contributed by atoms with E-state index in [1.165, 1.54) is 19.3 Å². The highest BCUT2D eigenvalue weighted by atomic mass is 79.9. The van der Waals surface area contributed by atoms with Crippen molar-refractivity contribution in [3.8, 4) is 0 Å². The molecule has 0 aliphatic carbocycles. The second-order valence-corrected chi connectivity index (χ2v) is 7.82. The number of rotatable bonds is 4. The molecule has 1 aromatic rings. The van der Waals surface area contributed by atoms with Crippen LogP contribution in [0.5, 0.6) is 0 Å². The number of hydrogen-bond acceptors (Lipinski definition) is 3. The van der Waals surface area contributed by atoms with Gasteiger partial charge in [0, 0.05) is 23.6 Å². The first-order chi connectivity index (χ1) is 9.08. The normalized spacial score (nSPS) is 20.5. The van der Waals surface area contributed by atoms with Gasteiger partial charge in [-0.25, -0.2) is 8.42 Å². The summed E-state index contributed by atoms with van der Waals surface area (Å²) in [5, 5.41) is 0.960. The Kier molecular flexibility index (Phi) is 4.90. The van der Waals surface area contributed by atoms with Gasteiger partial charge in [-0.1, -0.05) is 22.9 Å². The van der Waals surface area contributed by atoms with Crippen LogP contribution in [0.4, 0.5) is 5.69 Å². The zero-order valence-electron chi connectivity index (χ0n) is 11.2. The monoisotopic (exact) mass is 345 g/mol. The van der Waals surface area contributed by atoms with Crippen molar-refractivity contribution in [1.82, 2.24) is 0 Å². The fourth-order valence-corrected chi connectivity index (χ4v) is 4.07. The molecule has 0 saturated carbocycles. The predicted octanol–water partition coefficient (Wildman–Crippen LogP) is 3.23. The Bertz CT molecular complexity index is 513. The Hall–Kier alpha value is -0.550. The van der Waals surface area contributed by atoms with Crippen molar-refractivity contribution in [1.29, 1.82) is 0 Å². The van der Waals surface area contributed by atoms with Crippen LogP contribution >= 0.6 is 15.9 Å². The van der Waals surface area contributed by atoms with Crippen molar-refractivity contribution < 1.29 is 8.42 Å². The molecule has 0 spiro atoms. The molecule has 1 heterocycles. The second-order valence-electron chi connectivity index (χ2n) is 4.89. The zero-order valence-corrected chi connectivity index (χ0v) is 13.6. The molecule has 2 rings (SSSR count). The third-order valence-corrected chi connectivity index (χ3v) is 6.21. The lowest BCUT2D eigenvalue weighted by atomic mass is 10.0.